The van der Waals surface area contributed by atoms with E-state index in [1.165, 1.54) is 11.0 Å². The van der Waals surface area contributed by atoms with Crippen LogP contribution in [0.4, 0.5) is 10.5 Å². The molecule has 3 amide bonds. The van der Waals surface area contributed by atoms with Gasteiger partial charge in [0.25, 0.3) is 5.91 Å². The van der Waals surface area contributed by atoms with Crippen LogP contribution in [0.15, 0.2) is 36.4 Å². The van der Waals surface area contributed by atoms with Crippen LogP contribution < -0.4 is 10.6 Å². The second kappa shape index (κ2) is 12.5. The molecule has 9 nitrogen and oxygen atoms in total. The van der Waals surface area contributed by atoms with Gasteiger partial charge in [-0.05, 0) is 96.2 Å². The Labute approximate surface area is 231 Å². The van der Waals surface area contributed by atoms with Crippen molar-refractivity contribution < 1.29 is 29.3 Å². The molecule has 0 aliphatic heterocycles. The lowest BCUT2D eigenvalue weighted by atomic mass is 9.91. The molecule has 0 radical (unpaired) electrons. The maximum Gasteiger partial charge on any atom is 0.408 e. The standard InChI is InChI=1S/C30H43N3O6/c1-10-30(8,9)33(27(37)22(17-34)31-28(38)39-29(5,6)7)25(21-14-15-23(35)20(4)16-21)26(36)32-24-18(2)12-11-13-19(24)3/h11-16,22,25,34-35H,10,17H2,1-9H3,(H,31,38)(H,32,36). The fourth-order valence-electron chi connectivity index (χ4n) is 4.22. The van der Waals surface area contributed by atoms with Gasteiger partial charge in [0.05, 0.1) is 6.61 Å². The summed E-state index contributed by atoms with van der Waals surface area (Å²) < 4.78 is 5.30. The number of aryl methyl sites for hydroxylation is 3. The summed E-state index contributed by atoms with van der Waals surface area (Å²) in [7, 11) is 0. The van der Waals surface area contributed by atoms with Crippen molar-refractivity contribution in [2.24, 2.45) is 0 Å². The van der Waals surface area contributed by atoms with Crippen LogP contribution in [0.2, 0.25) is 0 Å². The van der Waals surface area contributed by atoms with Crippen molar-refractivity contribution in [1.82, 2.24) is 10.2 Å². The molecule has 0 bridgehead atoms. The van der Waals surface area contributed by atoms with Crippen LogP contribution in [-0.2, 0) is 14.3 Å². The van der Waals surface area contributed by atoms with Gasteiger partial charge in [0.15, 0.2) is 0 Å². The zero-order valence-electron chi connectivity index (χ0n) is 24.5. The Morgan fingerprint density at radius 2 is 1.56 bits per heavy atom. The summed E-state index contributed by atoms with van der Waals surface area (Å²) in [6.07, 6.45) is -0.394. The normalized spacial score (nSPS) is 13.3. The third kappa shape index (κ3) is 7.95. The summed E-state index contributed by atoms with van der Waals surface area (Å²) in [5, 5.41) is 25.8. The minimum atomic E-state index is -1.36. The van der Waals surface area contributed by atoms with Crippen LogP contribution in [0, 0.1) is 20.8 Å². The number of rotatable bonds is 9. The second-order valence-corrected chi connectivity index (χ2v) is 11.5. The highest BCUT2D eigenvalue weighted by Crippen LogP contribution is 2.35. The number of nitrogens with one attached hydrogen (secondary N) is 2. The number of phenols is 1. The van der Waals surface area contributed by atoms with Crippen molar-refractivity contribution in [2.45, 2.75) is 92.0 Å². The maximum atomic E-state index is 14.1. The lowest BCUT2D eigenvalue weighted by molar-refractivity contribution is -0.148. The molecule has 0 fully saturated rings. The van der Waals surface area contributed by atoms with Gasteiger partial charge in [0.2, 0.25) is 5.91 Å². The van der Waals surface area contributed by atoms with Gasteiger partial charge in [0, 0.05) is 11.2 Å². The predicted molar refractivity (Wildman–Crippen MR) is 152 cm³/mol. The highest BCUT2D eigenvalue weighted by molar-refractivity contribution is 6.00. The number of amides is 3. The summed E-state index contributed by atoms with van der Waals surface area (Å²) in [5.74, 6) is -1.07. The van der Waals surface area contributed by atoms with Gasteiger partial charge in [-0.1, -0.05) is 31.2 Å². The Kier molecular flexibility index (Phi) is 10.1. The van der Waals surface area contributed by atoms with E-state index in [1.807, 2.05) is 52.8 Å². The predicted octanol–water partition coefficient (Wildman–Crippen LogP) is 4.90. The fourth-order valence-corrected chi connectivity index (χ4v) is 4.22. The van der Waals surface area contributed by atoms with Crippen molar-refractivity contribution in [3.63, 3.8) is 0 Å². The van der Waals surface area contributed by atoms with Gasteiger partial charge in [-0.25, -0.2) is 4.79 Å². The molecule has 2 aromatic carbocycles. The first-order valence-electron chi connectivity index (χ1n) is 13.1. The molecular formula is C30H43N3O6. The van der Waals surface area contributed by atoms with Gasteiger partial charge in [-0.3, -0.25) is 9.59 Å². The molecular weight excluding hydrogens is 498 g/mol. The average Bonchev–Trinajstić information content (AvgIpc) is 2.83. The number of aromatic hydroxyl groups is 1. The third-order valence-corrected chi connectivity index (χ3v) is 6.70. The van der Waals surface area contributed by atoms with Crippen molar-refractivity contribution >= 4 is 23.6 Å². The molecule has 2 unspecified atom stereocenters. The van der Waals surface area contributed by atoms with Gasteiger partial charge >= 0.3 is 6.09 Å². The Balaban J connectivity index is 2.66. The Hall–Kier alpha value is -3.59. The summed E-state index contributed by atoms with van der Waals surface area (Å²) in [6, 6.07) is 7.88. The van der Waals surface area contributed by atoms with E-state index >= 15 is 0 Å². The number of aliphatic hydroxyl groups excluding tert-OH is 1. The number of hydrogen-bond donors (Lipinski definition) is 4. The van der Waals surface area contributed by atoms with Gasteiger partial charge < -0.3 is 30.5 Å². The van der Waals surface area contributed by atoms with Gasteiger partial charge in [-0.2, -0.15) is 0 Å². The van der Waals surface area contributed by atoms with Crippen LogP contribution in [-0.4, -0.2) is 56.8 Å². The number of aliphatic hydroxyl groups is 1. The largest absolute Gasteiger partial charge is 0.508 e. The Bertz CT molecular complexity index is 1180. The molecule has 2 aromatic rings. The van der Waals surface area contributed by atoms with Crippen LogP contribution in [0.3, 0.4) is 0 Å². The van der Waals surface area contributed by atoms with Crippen molar-refractivity contribution in [2.75, 3.05) is 11.9 Å². The summed E-state index contributed by atoms with van der Waals surface area (Å²) in [4.78, 5) is 42.1. The third-order valence-electron chi connectivity index (χ3n) is 6.70. The highest BCUT2D eigenvalue weighted by Gasteiger charge is 2.43. The number of hydrogen-bond acceptors (Lipinski definition) is 6. The van der Waals surface area contributed by atoms with E-state index in [9.17, 15) is 24.6 Å². The Morgan fingerprint density at radius 1 is 0.974 bits per heavy atom. The number of ether oxygens (including phenoxy) is 1. The maximum absolute atomic E-state index is 14.1. The minimum Gasteiger partial charge on any atom is -0.508 e. The zero-order chi connectivity index (χ0) is 29.7. The summed E-state index contributed by atoms with van der Waals surface area (Å²) >= 11 is 0. The lowest BCUT2D eigenvalue weighted by Gasteiger charge is -2.44. The molecule has 2 rings (SSSR count). The molecule has 0 aromatic heterocycles. The topological polar surface area (TPSA) is 128 Å². The molecule has 4 N–H and O–H groups in total. The van der Waals surface area contributed by atoms with Crippen molar-refractivity contribution in [3.05, 3.63) is 58.7 Å². The number of carbonyl (C=O) groups is 3. The molecule has 214 valence electrons. The van der Waals surface area contributed by atoms with E-state index in [4.69, 9.17) is 4.74 Å². The van der Waals surface area contributed by atoms with Crippen molar-refractivity contribution in [1.29, 1.82) is 0 Å². The van der Waals surface area contributed by atoms with E-state index in [0.717, 1.165) is 11.1 Å². The highest BCUT2D eigenvalue weighted by atomic mass is 16.6. The number of phenolic OH excluding ortho intramolecular Hbond substituents is 1. The number of anilines is 1. The summed E-state index contributed by atoms with van der Waals surface area (Å²) in [6.45, 7) is 15.4. The van der Waals surface area contributed by atoms with E-state index < -0.39 is 47.7 Å². The molecule has 0 heterocycles. The van der Waals surface area contributed by atoms with E-state index in [0.29, 0.717) is 23.2 Å². The number of benzene rings is 2. The first-order valence-corrected chi connectivity index (χ1v) is 13.1. The first-order chi connectivity index (χ1) is 18.0. The number of alkyl carbamates (subject to hydrolysis) is 1. The van der Waals surface area contributed by atoms with Crippen LogP contribution in [0.25, 0.3) is 0 Å². The van der Waals surface area contributed by atoms with Gasteiger partial charge in [0.1, 0.15) is 23.4 Å². The average molecular weight is 542 g/mol. The SMILES string of the molecule is CCC(C)(C)N(C(=O)C(CO)NC(=O)OC(C)(C)C)C(C(=O)Nc1c(C)cccc1C)c1ccc(O)c(C)c1. The molecule has 9 heteroatoms. The Morgan fingerprint density at radius 3 is 2.05 bits per heavy atom. The first kappa shape index (κ1) is 31.6. The lowest BCUT2D eigenvalue weighted by Crippen LogP contribution is -2.59. The quantitative estimate of drug-likeness (QED) is 0.358. The van der Waals surface area contributed by atoms with Crippen molar-refractivity contribution in [3.8, 4) is 5.75 Å². The molecule has 0 saturated heterocycles. The second-order valence-electron chi connectivity index (χ2n) is 11.5. The smallest absolute Gasteiger partial charge is 0.408 e. The van der Waals surface area contributed by atoms with Crippen LogP contribution in [0.1, 0.15) is 76.3 Å². The van der Waals surface area contributed by atoms with Gasteiger partial charge in [-0.15, -0.1) is 0 Å². The van der Waals surface area contributed by atoms with Crippen LogP contribution >= 0.6 is 0 Å². The number of carbonyl (C=O) groups excluding carboxylic acids is 3. The zero-order valence-corrected chi connectivity index (χ0v) is 24.5. The molecule has 0 spiro atoms. The molecule has 0 saturated carbocycles. The number of para-hydroxylation sites is 1. The molecule has 39 heavy (non-hydrogen) atoms. The molecule has 0 aliphatic rings. The number of nitrogens with zero attached hydrogens (tertiary/aromatic N) is 1. The van der Waals surface area contributed by atoms with E-state index in [2.05, 4.69) is 10.6 Å². The fraction of sp³-hybridized carbons (Fsp3) is 0.500. The van der Waals surface area contributed by atoms with E-state index in [-0.39, 0.29) is 5.75 Å². The minimum absolute atomic E-state index is 0.0557. The molecule has 0 aliphatic carbocycles. The molecule has 2 atom stereocenters. The summed E-state index contributed by atoms with van der Waals surface area (Å²) in [5.41, 5.74) is 1.66. The van der Waals surface area contributed by atoms with E-state index in [1.54, 1.807) is 39.8 Å². The van der Waals surface area contributed by atoms with Crippen LogP contribution in [0.5, 0.6) is 5.75 Å². The monoisotopic (exact) mass is 541 g/mol.